The number of likely N-dealkylation sites (tertiary alicyclic amines) is 1. The second-order valence-corrected chi connectivity index (χ2v) is 8.46. The van der Waals surface area contributed by atoms with Gasteiger partial charge in [0.1, 0.15) is 5.75 Å². The van der Waals surface area contributed by atoms with E-state index in [2.05, 4.69) is 10.2 Å². The number of hydrogen-bond donors (Lipinski definition) is 1. The van der Waals surface area contributed by atoms with Crippen molar-refractivity contribution in [2.45, 2.75) is 32.2 Å². The highest BCUT2D eigenvalue weighted by Gasteiger charge is 2.58. The highest BCUT2D eigenvalue weighted by molar-refractivity contribution is 5.82. The predicted molar refractivity (Wildman–Crippen MR) is 111 cm³/mol. The molecule has 1 amide bonds. The van der Waals surface area contributed by atoms with Crippen LogP contribution in [0.5, 0.6) is 5.75 Å². The number of methoxy groups -OCH3 is 1. The molecule has 1 N–H and O–H groups in total. The van der Waals surface area contributed by atoms with Crippen LogP contribution in [0, 0.1) is 23.0 Å². The molecular formula is C24H28F2N2O2. The minimum Gasteiger partial charge on any atom is -0.496 e. The Balaban J connectivity index is 1.23. The number of carbonyl (C=O) groups excluding carboxylic acids is 1. The van der Waals surface area contributed by atoms with E-state index in [0.29, 0.717) is 18.7 Å². The van der Waals surface area contributed by atoms with Gasteiger partial charge in [0.15, 0.2) is 11.6 Å². The van der Waals surface area contributed by atoms with Gasteiger partial charge in [-0.3, -0.25) is 9.69 Å². The van der Waals surface area contributed by atoms with E-state index in [-0.39, 0.29) is 17.2 Å². The first-order valence-corrected chi connectivity index (χ1v) is 10.6. The number of carbonyl (C=O) groups is 1. The summed E-state index contributed by atoms with van der Waals surface area (Å²) < 4.78 is 32.7. The Morgan fingerprint density at radius 1 is 1.13 bits per heavy atom. The summed E-state index contributed by atoms with van der Waals surface area (Å²) in [5, 5.41) is 3.08. The molecule has 0 bridgehead atoms. The van der Waals surface area contributed by atoms with Gasteiger partial charge in [0, 0.05) is 24.6 Å². The van der Waals surface area contributed by atoms with Gasteiger partial charge in [-0.1, -0.05) is 30.3 Å². The predicted octanol–water partition coefficient (Wildman–Crippen LogP) is 3.93. The van der Waals surface area contributed by atoms with E-state index in [1.807, 2.05) is 24.3 Å². The molecule has 2 aromatic rings. The number of amides is 1. The molecule has 2 aromatic carbocycles. The quantitative estimate of drug-likeness (QED) is 0.746. The molecular weight excluding hydrogens is 386 g/mol. The van der Waals surface area contributed by atoms with Gasteiger partial charge in [-0.05, 0) is 61.9 Å². The number of piperidine rings is 1. The summed E-state index contributed by atoms with van der Waals surface area (Å²) in [6.07, 6.45) is 3.52. The number of ether oxygens (including phenoxy) is 1. The summed E-state index contributed by atoms with van der Waals surface area (Å²) in [6, 6.07) is 12.2. The van der Waals surface area contributed by atoms with Crippen molar-refractivity contribution in [3.8, 4) is 5.75 Å². The first-order valence-electron chi connectivity index (χ1n) is 10.6. The SMILES string of the molecule is COc1ccccc1CCNC(=O)C1CC12CCN(Cc1cccc(F)c1F)CC2. The molecule has 1 atom stereocenters. The number of hydrogen-bond acceptors (Lipinski definition) is 3. The van der Waals surface area contributed by atoms with Crippen LogP contribution in [0.3, 0.4) is 0 Å². The molecule has 6 heteroatoms. The van der Waals surface area contributed by atoms with Crippen molar-refractivity contribution in [2.75, 3.05) is 26.7 Å². The minimum atomic E-state index is -0.798. The second kappa shape index (κ2) is 8.72. The smallest absolute Gasteiger partial charge is 0.223 e. The van der Waals surface area contributed by atoms with Crippen LogP contribution in [0.25, 0.3) is 0 Å². The van der Waals surface area contributed by atoms with Crippen molar-refractivity contribution in [1.29, 1.82) is 0 Å². The fraction of sp³-hybridized carbons (Fsp3) is 0.458. The third-order valence-electron chi connectivity index (χ3n) is 6.67. The third-order valence-corrected chi connectivity index (χ3v) is 6.67. The zero-order chi connectivity index (χ0) is 21.1. The standard InChI is InChI=1S/C24H28F2N2O2/c1-30-21-8-3-2-5-17(21)9-12-27-23(29)19-15-24(19)10-13-28(14-11-24)16-18-6-4-7-20(25)22(18)26/h2-8,19H,9-16H2,1H3,(H,27,29). The normalized spacial score (nSPS) is 20.2. The topological polar surface area (TPSA) is 41.6 Å². The Kier molecular flexibility index (Phi) is 6.04. The lowest BCUT2D eigenvalue weighted by molar-refractivity contribution is -0.123. The van der Waals surface area contributed by atoms with Crippen molar-refractivity contribution in [2.24, 2.45) is 11.3 Å². The fourth-order valence-corrected chi connectivity index (χ4v) is 4.69. The van der Waals surface area contributed by atoms with Crippen LogP contribution in [0.2, 0.25) is 0 Å². The molecule has 1 aliphatic carbocycles. The van der Waals surface area contributed by atoms with Crippen LogP contribution < -0.4 is 10.1 Å². The Morgan fingerprint density at radius 3 is 2.63 bits per heavy atom. The molecule has 1 saturated heterocycles. The van der Waals surface area contributed by atoms with E-state index in [4.69, 9.17) is 4.74 Å². The van der Waals surface area contributed by atoms with Crippen molar-refractivity contribution in [1.82, 2.24) is 10.2 Å². The van der Waals surface area contributed by atoms with Gasteiger partial charge in [0.25, 0.3) is 0 Å². The van der Waals surface area contributed by atoms with Crippen LogP contribution in [0.15, 0.2) is 42.5 Å². The van der Waals surface area contributed by atoms with Crippen molar-refractivity contribution >= 4 is 5.91 Å². The Labute approximate surface area is 176 Å². The third kappa shape index (κ3) is 4.33. The molecule has 2 fully saturated rings. The number of nitrogens with one attached hydrogen (secondary N) is 1. The molecule has 1 unspecified atom stereocenters. The van der Waals surface area contributed by atoms with Gasteiger partial charge in [0.05, 0.1) is 7.11 Å². The van der Waals surface area contributed by atoms with Crippen LogP contribution in [0.4, 0.5) is 8.78 Å². The number of para-hydroxylation sites is 1. The zero-order valence-electron chi connectivity index (χ0n) is 17.3. The Morgan fingerprint density at radius 2 is 1.87 bits per heavy atom. The Hall–Kier alpha value is -2.47. The van der Waals surface area contributed by atoms with Gasteiger partial charge < -0.3 is 10.1 Å². The van der Waals surface area contributed by atoms with E-state index < -0.39 is 11.6 Å². The lowest BCUT2D eigenvalue weighted by Crippen LogP contribution is -2.37. The van der Waals surface area contributed by atoms with Crippen molar-refractivity contribution in [3.05, 3.63) is 65.2 Å². The largest absolute Gasteiger partial charge is 0.496 e. The van der Waals surface area contributed by atoms with Crippen molar-refractivity contribution < 1.29 is 18.3 Å². The number of rotatable bonds is 7. The summed E-state index contributed by atoms with van der Waals surface area (Å²) in [6.45, 7) is 2.62. The average Bonchev–Trinajstić information content (AvgIpc) is 3.47. The maximum absolute atomic E-state index is 13.9. The molecule has 0 radical (unpaired) electrons. The fourth-order valence-electron chi connectivity index (χ4n) is 4.69. The van der Waals surface area contributed by atoms with Gasteiger partial charge in [-0.2, -0.15) is 0 Å². The molecule has 1 spiro atoms. The molecule has 4 rings (SSSR count). The molecule has 30 heavy (non-hydrogen) atoms. The van der Waals surface area contributed by atoms with E-state index in [1.165, 1.54) is 0 Å². The Bertz CT molecular complexity index is 910. The van der Waals surface area contributed by atoms with E-state index in [1.54, 1.807) is 19.2 Å². The van der Waals surface area contributed by atoms with Gasteiger partial charge >= 0.3 is 0 Å². The van der Waals surface area contributed by atoms with Crippen molar-refractivity contribution in [3.63, 3.8) is 0 Å². The first-order chi connectivity index (χ1) is 14.5. The minimum absolute atomic E-state index is 0.0724. The van der Waals surface area contributed by atoms with Crippen LogP contribution in [-0.2, 0) is 17.8 Å². The zero-order valence-corrected chi connectivity index (χ0v) is 17.3. The summed E-state index contributed by atoms with van der Waals surface area (Å²) in [4.78, 5) is 14.8. The number of halogens is 2. The average molecular weight is 414 g/mol. The highest BCUT2D eigenvalue weighted by Crippen LogP contribution is 2.59. The summed E-state index contributed by atoms with van der Waals surface area (Å²) in [5.74, 6) is -0.501. The van der Waals surface area contributed by atoms with Crippen LogP contribution >= 0.6 is 0 Å². The molecule has 0 aromatic heterocycles. The molecule has 160 valence electrons. The molecule has 2 aliphatic rings. The molecule has 1 aliphatic heterocycles. The lowest BCUT2D eigenvalue weighted by atomic mass is 9.90. The van der Waals surface area contributed by atoms with Gasteiger partial charge in [-0.25, -0.2) is 8.78 Å². The van der Waals surface area contributed by atoms with E-state index in [0.717, 1.165) is 56.2 Å². The molecule has 4 nitrogen and oxygen atoms in total. The molecule has 1 heterocycles. The second-order valence-electron chi connectivity index (χ2n) is 8.46. The van der Waals surface area contributed by atoms with Crippen LogP contribution in [0.1, 0.15) is 30.4 Å². The van der Waals surface area contributed by atoms with Gasteiger partial charge in [0.2, 0.25) is 5.91 Å². The van der Waals surface area contributed by atoms with Crippen LogP contribution in [-0.4, -0.2) is 37.6 Å². The maximum atomic E-state index is 13.9. The monoisotopic (exact) mass is 414 g/mol. The molecule has 1 saturated carbocycles. The lowest BCUT2D eigenvalue weighted by Gasteiger charge is -2.32. The number of benzene rings is 2. The maximum Gasteiger partial charge on any atom is 0.223 e. The number of nitrogens with zero attached hydrogens (tertiary/aromatic N) is 1. The van der Waals surface area contributed by atoms with E-state index >= 15 is 0 Å². The highest BCUT2D eigenvalue weighted by atomic mass is 19.2. The van der Waals surface area contributed by atoms with Gasteiger partial charge in [-0.15, -0.1) is 0 Å². The summed E-state index contributed by atoms with van der Waals surface area (Å²) in [5.41, 5.74) is 1.57. The summed E-state index contributed by atoms with van der Waals surface area (Å²) >= 11 is 0. The summed E-state index contributed by atoms with van der Waals surface area (Å²) in [7, 11) is 1.65. The first kappa shape index (κ1) is 20.8. The van der Waals surface area contributed by atoms with E-state index in [9.17, 15) is 13.6 Å².